The number of halogens is 1. The lowest BCUT2D eigenvalue weighted by Crippen LogP contribution is -2.14. The van der Waals surface area contributed by atoms with Crippen LogP contribution in [0.5, 0.6) is 0 Å². The number of benzene rings is 2. The van der Waals surface area contributed by atoms with Crippen LogP contribution in [0.15, 0.2) is 36.4 Å². The summed E-state index contributed by atoms with van der Waals surface area (Å²) in [5.74, 6) is 0. The predicted octanol–water partition coefficient (Wildman–Crippen LogP) is 5.12. The highest BCUT2D eigenvalue weighted by Crippen LogP contribution is 2.31. The molecule has 0 unspecified atom stereocenters. The van der Waals surface area contributed by atoms with E-state index >= 15 is 0 Å². The third kappa shape index (κ3) is 3.41. The summed E-state index contributed by atoms with van der Waals surface area (Å²) in [5, 5.41) is 4.32. The maximum Gasteiger partial charge on any atom is 0.0438 e. The Morgan fingerprint density at radius 1 is 1.00 bits per heavy atom. The summed E-state index contributed by atoms with van der Waals surface area (Å²) in [7, 11) is 0. The summed E-state index contributed by atoms with van der Waals surface area (Å²) < 4.78 is 0. The average Bonchev–Trinajstić information content (AvgIpc) is 2.44. The van der Waals surface area contributed by atoms with E-state index in [1.807, 2.05) is 0 Å². The van der Waals surface area contributed by atoms with Crippen molar-refractivity contribution in [1.29, 1.82) is 0 Å². The number of nitrogens with one attached hydrogen (secondary N) is 1. The van der Waals surface area contributed by atoms with Gasteiger partial charge in [0.1, 0.15) is 0 Å². The molecule has 0 saturated carbocycles. The van der Waals surface area contributed by atoms with Gasteiger partial charge in [0, 0.05) is 11.6 Å². The SMILES string of the molecule is CCCNCc1ccccc1-c1cc(C)c(Cl)cc1C. The highest BCUT2D eigenvalue weighted by molar-refractivity contribution is 6.31. The topological polar surface area (TPSA) is 12.0 Å². The minimum absolute atomic E-state index is 0.841. The fourth-order valence-corrected chi connectivity index (χ4v) is 2.63. The Labute approximate surface area is 127 Å². The lowest BCUT2D eigenvalue weighted by atomic mass is 9.94. The predicted molar refractivity (Wildman–Crippen MR) is 88.4 cm³/mol. The van der Waals surface area contributed by atoms with E-state index in [-0.39, 0.29) is 0 Å². The van der Waals surface area contributed by atoms with Crippen molar-refractivity contribution in [3.05, 3.63) is 58.1 Å². The van der Waals surface area contributed by atoms with Gasteiger partial charge in [-0.1, -0.05) is 42.8 Å². The minimum Gasteiger partial charge on any atom is -0.313 e. The largest absolute Gasteiger partial charge is 0.313 e. The zero-order valence-corrected chi connectivity index (χ0v) is 13.2. The molecule has 0 radical (unpaired) electrons. The summed E-state index contributed by atoms with van der Waals surface area (Å²) in [6.45, 7) is 8.32. The molecule has 1 N–H and O–H groups in total. The van der Waals surface area contributed by atoms with Gasteiger partial charge in [-0.05, 0) is 66.8 Å². The van der Waals surface area contributed by atoms with Crippen molar-refractivity contribution < 1.29 is 0 Å². The van der Waals surface area contributed by atoms with E-state index in [0.29, 0.717) is 0 Å². The van der Waals surface area contributed by atoms with Crippen LogP contribution in [0.2, 0.25) is 5.02 Å². The molecule has 0 fully saturated rings. The van der Waals surface area contributed by atoms with Crippen molar-refractivity contribution >= 4 is 11.6 Å². The maximum absolute atomic E-state index is 6.20. The summed E-state index contributed by atoms with van der Waals surface area (Å²) in [5.41, 5.74) is 6.27. The molecule has 20 heavy (non-hydrogen) atoms. The molecule has 106 valence electrons. The average molecular weight is 288 g/mol. The van der Waals surface area contributed by atoms with Crippen molar-refractivity contribution in [2.45, 2.75) is 33.7 Å². The molecule has 0 bridgehead atoms. The maximum atomic E-state index is 6.20. The van der Waals surface area contributed by atoms with Crippen LogP contribution in [0.25, 0.3) is 11.1 Å². The van der Waals surface area contributed by atoms with Crippen LogP contribution in [-0.2, 0) is 6.54 Å². The Morgan fingerprint density at radius 2 is 1.75 bits per heavy atom. The van der Waals surface area contributed by atoms with Gasteiger partial charge in [-0.3, -0.25) is 0 Å². The second-order valence-corrected chi connectivity index (χ2v) is 5.66. The number of rotatable bonds is 5. The fraction of sp³-hybridized carbons (Fsp3) is 0.333. The standard InChI is InChI=1S/C18H22ClN/c1-4-9-20-12-15-7-5-6-8-16(15)17-10-14(3)18(19)11-13(17)2/h5-8,10-11,20H,4,9,12H2,1-3H3. The van der Waals surface area contributed by atoms with E-state index in [4.69, 9.17) is 11.6 Å². The lowest BCUT2D eigenvalue weighted by Gasteiger charge is -2.14. The molecule has 0 aliphatic heterocycles. The van der Waals surface area contributed by atoms with Gasteiger partial charge < -0.3 is 5.32 Å². The number of aryl methyl sites for hydroxylation is 2. The zero-order chi connectivity index (χ0) is 14.5. The lowest BCUT2D eigenvalue weighted by molar-refractivity contribution is 0.676. The van der Waals surface area contributed by atoms with Crippen LogP contribution in [0.4, 0.5) is 0 Å². The van der Waals surface area contributed by atoms with Gasteiger partial charge in [-0.25, -0.2) is 0 Å². The monoisotopic (exact) mass is 287 g/mol. The molecule has 1 nitrogen and oxygen atoms in total. The second-order valence-electron chi connectivity index (χ2n) is 5.25. The Bertz CT molecular complexity index is 590. The zero-order valence-electron chi connectivity index (χ0n) is 12.5. The molecule has 0 aromatic heterocycles. The third-order valence-electron chi connectivity index (χ3n) is 3.56. The molecule has 0 atom stereocenters. The van der Waals surface area contributed by atoms with Gasteiger partial charge in [0.25, 0.3) is 0 Å². The molecule has 2 heteroatoms. The van der Waals surface area contributed by atoms with Gasteiger partial charge >= 0.3 is 0 Å². The molecule has 0 aliphatic carbocycles. The van der Waals surface area contributed by atoms with Crippen LogP contribution in [0.3, 0.4) is 0 Å². The van der Waals surface area contributed by atoms with Gasteiger partial charge in [0.05, 0.1) is 0 Å². The molecule has 2 aromatic rings. The summed E-state index contributed by atoms with van der Waals surface area (Å²) >= 11 is 6.20. The van der Waals surface area contributed by atoms with Crippen molar-refractivity contribution in [2.75, 3.05) is 6.54 Å². The fourth-order valence-electron chi connectivity index (χ4n) is 2.41. The quantitative estimate of drug-likeness (QED) is 0.752. The van der Waals surface area contributed by atoms with Crippen LogP contribution in [0, 0.1) is 13.8 Å². The van der Waals surface area contributed by atoms with E-state index in [0.717, 1.165) is 30.1 Å². The highest BCUT2D eigenvalue weighted by atomic mass is 35.5. The molecule has 2 rings (SSSR count). The Balaban J connectivity index is 2.39. The summed E-state index contributed by atoms with van der Waals surface area (Å²) in [6.07, 6.45) is 1.15. The Morgan fingerprint density at radius 3 is 2.50 bits per heavy atom. The Kier molecular flexibility index (Phi) is 5.22. The van der Waals surface area contributed by atoms with Gasteiger partial charge in [-0.2, -0.15) is 0 Å². The molecular weight excluding hydrogens is 266 g/mol. The molecular formula is C18H22ClN. The molecule has 0 heterocycles. The first-order valence-corrected chi connectivity index (χ1v) is 7.57. The van der Waals surface area contributed by atoms with Crippen LogP contribution < -0.4 is 5.32 Å². The van der Waals surface area contributed by atoms with Crippen molar-refractivity contribution in [1.82, 2.24) is 5.32 Å². The van der Waals surface area contributed by atoms with Crippen molar-refractivity contribution in [2.24, 2.45) is 0 Å². The smallest absolute Gasteiger partial charge is 0.0438 e. The molecule has 0 aliphatic rings. The summed E-state index contributed by atoms with van der Waals surface area (Å²) in [4.78, 5) is 0. The molecule has 0 amide bonds. The van der Waals surface area contributed by atoms with Gasteiger partial charge in [0.15, 0.2) is 0 Å². The first-order valence-electron chi connectivity index (χ1n) is 7.19. The third-order valence-corrected chi connectivity index (χ3v) is 3.96. The summed E-state index contributed by atoms with van der Waals surface area (Å²) in [6, 6.07) is 12.8. The normalized spacial score (nSPS) is 10.8. The second kappa shape index (κ2) is 6.92. The Hall–Kier alpha value is -1.31. The number of hydrogen-bond donors (Lipinski definition) is 1. The number of hydrogen-bond acceptors (Lipinski definition) is 1. The van der Waals surface area contributed by atoms with E-state index in [1.54, 1.807) is 0 Å². The van der Waals surface area contributed by atoms with Crippen LogP contribution in [0.1, 0.15) is 30.0 Å². The molecule has 2 aromatic carbocycles. The first kappa shape index (κ1) is 15.1. The van der Waals surface area contributed by atoms with E-state index in [1.165, 1.54) is 22.3 Å². The first-order chi connectivity index (χ1) is 9.63. The molecule has 0 spiro atoms. The minimum atomic E-state index is 0.841. The van der Waals surface area contributed by atoms with Crippen LogP contribution >= 0.6 is 11.6 Å². The van der Waals surface area contributed by atoms with Crippen LogP contribution in [-0.4, -0.2) is 6.54 Å². The molecule has 0 saturated heterocycles. The van der Waals surface area contributed by atoms with E-state index in [9.17, 15) is 0 Å². The van der Waals surface area contributed by atoms with E-state index in [2.05, 4.69) is 62.5 Å². The van der Waals surface area contributed by atoms with Gasteiger partial charge in [-0.15, -0.1) is 0 Å². The van der Waals surface area contributed by atoms with Crippen molar-refractivity contribution in [3.63, 3.8) is 0 Å². The van der Waals surface area contributed by atoms with Crippen molar-refractivity contribution in [3.8, 4) is 11.1 Å². The van der Waals surface area contributed by atoms with E-state index < -0.39 is 0 Å². The van der Waals surface area contributed by atoms with Gasteiger partial charge in [0.2, 0.25) is 0 Å². The highest BCUT2D eigenvalue weighted by Gasteiger charge is 2.09.